The van der Waals surface area contributed by atoms with Gasteiger partial charge in [0.15, 0.2) is 0 Å². The summed E-state index contributed by atoms with van der Waals surface area (Å²) in [6.45, 7) is 4.24. The topological polar surface area (TPSA) is 54.8 Å². The van der Waals surface area contributed by atoms with Gasteiger partial charge in [-0.25, -0.2) is 0 Å². The van der Waals surface area contributed by atoms with Gasteiger partial charge in [0.1, 0.15) is 6.54 Å². The Balaban J connectivity index is 1.81. The van der Waals surface area contributed by atoms with E-state index in [1.807, 2.05) is 67.2 Å². The van der Waals surface area contributed by atoms with Crippen molar-refractivity contribution in [3.63, 3.8) is 0 Å². The van der Waals surface area contributed by atoms with E-state index in [-0.39, 0.29) is 18.4 Å². The van der Waals surface area contributed by atoms with Crippen molar-refractivity contribution in [3.8, 4) is 0 Å². The van der Waals surface area contributed by atoms with Crippen LogP contribution in [0, 0.1) is 0 Å². The molecule has 6 nitrogen and oxygen atoms in total. The number of carbonyl (C=O) groups excluding carboxylic acids is 2. The van der Waals surface area contributed by atoms with Crippen molar-refractivity contribution < 1.29 is 14.3 Å². The third-order valence-electron chi connectivity index (χ3n) is 5.67. The molecular formula is C27H31Cl2N3O3. The first-order valence-corrected chi connectivity index (χ1v) is 12.4. The fourth-order valence-corrected chi connectivity index (χ4v) is 4.02. The molecule has 0 aliphatic rings. The second kappa shape index (κ2) is 13.3. The predicted molar refractivity (Wildman–Crippen MR) is 140 cm³/mol. The lowest BCUT2D eigenvalue weighted by Gasteiger charge is -2.28. The summed E-state index contributed by atoms with van der Waals surface area (Å²) in [4.78, 5) is 30.3. The number of ether oxygens (including phenoxy) is 1. The Labute approximate surface area is 217 Å². The molecule has 0 aliphatic heterocycles. The van der Waals surface area contributed by atoms with Crippen molar-refractivity contribution in [2.75, 3.05) is 26.3 Å². The van der Waals surface area contributed by atoms with Crippen molar-refractivity contribution in [1.29, 1.82) is 0 Å². The average Bonchev–Trinajstić information content (AvgIpc) is 3.26. The van der Waals surface area contributed by atoms with Crippen LogP contribution < -0.4 is 0 Å². The number of amides is 2. The highest BCUT2D eigenvalue weighted by Gasteiger charge is 2.23. The Morgan fingerprint density at radius 1 is 0.943 bits per heavy atom. The molecular weight excluding hydrogens is 485 g/mol. The van der Waals surface area contributed by atoms with Crippen molar-refractivity contribution in [2.45, 2.75) is 26.4 Å². The molecule has 35 heavy (non-hydrogen) atoms. The molecule has 1 aromatic heterocycles. The summed E-state index contributed by atoms with van der Waals surface area (Å²) in [5.41, 5.74) is 2.42. The minimum absolute atomic E-state index is 0.0531. The van der Waals surface area contributed by atoms with E-state index in [0.29, 0.717) is 54.9 Å². The van der Waals surface area contributed by atoms with Gasteiger partial charge in [-0.1, -0.05) is 53.5 Å². The normalized spacial score (nSPS) is 10.9. The SMILES string of the molecule is CCOCCCN(CC(=O)N(Cc1ccccc1)Cc1cccn1C)C(=O)c1ccc(Cl)c(Cl)c1. The highest BCUT2D eigenvalue weighted by Crippen LogP contribution is 2.23. The molecule has 8 heteroatoms. The number of hydrogen-bond acceptors (Lipinski definition) is 3. The number of halogens is 2. The van der Waals surface area contributed by atoms with Crippen molar-refractivity contribution in [1.82, 2.24) is 14.4 Å². The molecule has 0 saturated heterocycles. The van der Waals surface area contributed by atoms with E-state index in [1.165, 1.54) is 6.07 Å². The first-order chi connectivity index (χ1) is 16.9. The van der Waals surface area contributed by atoms with Crippen LogP contribution in [0.2, 0.25) is 10.0 Å². The maximum Gasteiger partial charge on any atom is 0.254 e. The number of hydrogen-bond donors (Lipinski definition) is 0. The predicted octanol–water partition coefficient (Wildman–Crippen LogP) is 5.43. The smallest absolute Gasteiger partial charge is 0.254 e. The van der Waals surface area contributed by atoms with E-state index in [9.17, 15) is 9.59 Å². The summed E-state index contributed by atoms with van der Waals surface area (Å²) >= 11 is 12.2. The zero-order valence-electron chi connectivity index (χ0n) is 20.1. The highest BCUT2D eigenvalue weighted by atomic mass is 35.5. The highest BCUT2D eigenvalue weighted by molar-refractivity contribution is 6.42. The van der Waals surface area contributed by atoms with Gasteiger partial charge >= 0.3 is 0 Å². The zero-order chi connectivity index (χ0) is 25.2. The first kappa shape index (κ1) is 26.8. The molecule has 3 aromatic rings. The van der Waals surface area contributed by atoms with Crippen LogP contribution in [0.25, 0.3) is 0 Å². The summed E-state index contributed by atoms with van der Waals surface area (Å²) in [6.07, 6.45) is 2.57. The van der Waals surface area contributed by atoms with Crippen LogP contribution in [-0.2, 0) is 29.7 Å². The van der Waals surface area contributed by atoms with Gasteiger partial charge in [0.05, 0.1) is 16.6 Å². The van der Waals surface area contributed by atoms with Gasteiger partial charge in [0, 0.05) is 50.8 Å². The third-order valence-corrected chi connectivity index (χ3v) is 6.41. The Morgan fingerprint density at radius 3 is 2.37 bits per heavy atom. The molecule has 0 aliphatic carbocycles. The van der Waals surface area contributed by atoms with E-state index in [1.54, 1.807) is 21.9 Å². The van der Waals surface area contributed by atoms with Crippen LogP contribution in [0.5, 0.6) is 0 Å². The Hall–Kier alpha value is -2.80. The number of benzene rings is 2. The molecule has 0 fully saturated rings. The number of aromatic nitrogens is 1. The Kier molecular flexibility index (Phi) is 10.2. The maximum atomic E-state index is 13.6. The summed E-state index contributed by atoms with van der Waals surface area (Å²) in [5, 5.41) is 0.673. The summed E-state index contributed by atoms with van der Waals surface area (Å²) < 4.78 is 7.44. The van der Waals surface area contributed by atoms with Crippen LogP contribution in [0.1, 0.15) is 35.0 Å². The van der Waals surface area contributed by atoms with Crippen LogP contribution >= 0.6 is 23.2 Å². The van der Waals surface area contributed by atoms with Gasteiger partial charge in [-0.15, -0.1) is 0 Å². The summed E-state index contributed by atoms with van der Waals surface area (Å²) in [5.74, 6) is -0.410. The number of nitrogens with zero attached hydrogens (tertiary/aromatic N) is 3. The summed E-state index contributed by atoms with van der Waals surface area (Å²) in [7, 11) is 1.95. The molecule has 0 unspecified atom stereocenters. The van der Waals surface area contributed by atoms with Gasteiger partial charge in [0.25, 0.3) is 5.91 Å². The molecule has 2 amide bonds. The number of rotatable bonds is 12. The van der Waals surface area contributed by atoms with Gasteiger partial charge < -0.3 is 19.1 Å². The molecule has 2 aromatic carbocycles. The van der Waals surface area contributed by atoms with Crippen LogP contribution in [0.4, 0.5) is 0 Å². The molecule has 1 heterocycles. The van der Waals surface area contributed by atoms with E-state index in [4.69, 9.17) is 27.9 Å². The molecule has 0 saturated carbocycles. The van der Waals surface area contributed by atoms with Gasteiger partial charge in [-0.05, 0) is 49.2 Å². The first-order valence-electron chi connectivity index (χ1n) is 11.6. The van der Waals surface area contributed by atoms with E-state index < -0.39 is 0 Å². The van der Waals surface area contributed by atoms with Gasteiger partial charge in [-0.2, -0.15) is 0 Å². The fourth-order valence-electron chi connectivity index (χ4n) is 3.72. The van der Waals surface area contributed by atoms with Gasteiger partial charge in [-0.3, -0.25) is 9.59 Å². The molecule has 3 rings (SSSR count). The molecule has 0 bridgehead atoms. The monoisotopic (exact) mass is 515 g/mol. The number of carbonyl (C=O) groups is 2. The maximum absolute atomic E-state index is 13.6. The molecule has 0 spiro atoms. The largest absolute Gasteiger partial charge is 0.382 e. The van der Waals surface area contributed by atoms with Gasteiger partial charge in [0.2, 0.25) is 5.91 Å². The molecule has 0 radical (unpaired) electrons. The minimum Gasteiger partial charge on any atom is -0.382 e. The second-order valence-electron chi connectivity index (χ2n) is 8.25. The lowest BCUT2D eigenvalue weighted by atomic mass is 10.1. The lowest BCUT2D eigenvalue weighted by Crippen LogP contribution is -2.43. The van der Waals surface area contributed by atoms with E-state index in [0.717, 1.165) is 11.3 Å². The fraction of sp³-hybridized carbons (Fsp3) is 0.333. The molecule has 0 N–H and O–H groups in total. The van der Waals surface area contributed by atoms with Crippen LogP contribution in [0.15, 0.2) is 66.9 Å². The van der Waals surface area contributed by atoms with Crippen LogP contribution in [-0.4, -0.2) is 52.5 Å². The van der Waals surface area contributed by atoms with Crippen molar-refractivity contribution in [3.05, 3.63) is 93.7 Å². The zero-order valence-corrected chi connectivity index (χ0v) is 21.6. The molecule has 186 valence electrons. The second-order valence-corrected chi connectivity index (χ2v) is 9.07. The Bertz CT molecular complexity index is 1120. The molecule has 0 atom stereocenters. The number of aryl methyl sites for hydroxylation is 1. The standard InChI is InChI=1S/C27H31Cl2N3O3/c1-3-35-16-8-15-31(27(34)22-12-13-24(28)25(29)17-22)20-26(33)32(18-21-9-5-4-6-10-21)19-23-11-7-14-30(23)2/h4-7,9-14,17H,3,8,15-16,18-20H2,1-2H3. The third kappa shape index (κ3) is 7.85. The van der Waals surface area contributed by atoms with Crippen molar-refractivity contribution in [2.24, 2.45) is 7.05 Å². The van der Waals surface area contributed by atoms with E-state index in [2.05, 4.69) is 0 Å². The summed E-state index contributed by atoms with van der Waals surface area (Å²) in [6, 6.07) is 18.5. The van der Waals surface area contributed by atoms with Crippen LogP contribution in [0.3, 0.4) is 0 Å². The Morgan fingerprint density at radius 2 is 1.71 bits per heavy atom. The van der Waals surface area contributed by atoms with E-state index >= 15 is 0 Å². The quantitative estimate of drug-likeness (QED) is 0.302. The van der Waals surface area contributed by atoms with Crippen molar-refractivity contribution >= 4 is 35.0 Å². The average molecular weight is 516 g/mol. The minimum atomic E-state index is -0.271. The lowest BCUT2D eigenvalue weighted by molar-refractivity contribution is -0.133.